The highest BCUT2D eigenvalue weighted by Gasteiger charge is 2.35. The van der Waals surface area contributed by atoms with E-state index in [1.807, 2.05) is 42.7 Å². The molecule has 1 saturated heterocycles. The molecule has 7 heteroatoms. The number of hydrogen-bond donors (Lipinski definition) is 1. The molecule has 0 radical (unpaired) electrons. The van der Waals surface area contributed by atoms with Crippen molar-refractivity contribution in [2.45, 2.75) is 51.1 Å². The monoisotopic (exact) mass is 399 g/mol. The van der Waals surface area contributed by atoms with Gasteiger partial charge >= 0.3 is 11.9 Å². The zero-order chi connectivity index (χ0) is 20.6. The number of piperidine rings is 1. The van der Waals surface area contributed by atoms with E-state index in [4.69, 9.17) is 9.94 Å². The van der Waals surface area contributed by atoms with Crippen molar-refractivity contribution in [1.82, 2.24) is 9.74 Å². The number of carbonyl (C=O) groups excluding carboxylic acids is 1. The van der Waals surface area contributed by atoms with Gasteiger partial charge in [-0.1, -0.05) is 37.3 Å². The number of carbonyl (C=O) groups is 2. The summed E-state index contributed by atoms with van der Waals surface area (Å²) in [6.07, 6.45) is 8.36. The Bertz CT molecular complexity index is 779. The van der Waals surface area contributed by atoms with Gasteiger partial charge in [-0.2, -0.15) is 0 Å². The van der Waals surface area contributed by atoms with Gasteiger partial charge in [0.15, 0.2) is 0 Å². The van der Waals surface area contributed by atoms with E-state index in [9.17, 15) is 9.59 Å². The Morgan fingerprint density at radius 3 is 2.55 bits per heavy atom. The first-order valence-electron chi connectivity index (χ1n) is 10.2. The fourth-order valence-corrected chi connectivity index (χ4v) is 4.00. The average Bonchev–Trinajstić information content (AvgIpc) is 3.26. The lowest BCUT2D eigenvalue weighted by Gasteiger charge is -2.43. The minimum Gasteiger partial charge on any atom is -0.473 e. The summed E-state index contributed by atoms with van der Waals surface area (Å²) < 4.78 is 2.13. The Hall–Kier alpha value is -2.80. The molecule has 2 heterocycles. The van der Waals surface area contributed by atoms with Gasteiger partial charge in [-0.15, -0.1) is 5.06 Å². The van der Waals surface area contributed by atoms with E-state index < -0.39 is 11.9 Å². The number of carboxylic acid groups (broad SMARTS) is 1. The predicted molar refractivity (Wildman–Crippen MR) is 110 cm³/mol. The van der Waals surface area contributed by atoms with Crippen molar-refractivity contribution in [2.24, 2.45) is 0 Å². The molecule has 29 heavy (non-hydrogen) atoms. The molecular weight excluding hydrogens is 370 g/mol. The van der Waals surface area contributed by atoms with Gasteiger partial charge in [0.1, 0.15) is 0 Å². The van der Waals surface area contributed by atoms with Gasteiger partial charge < -0.3 is 15.0 Å². The van der Waals surface area contributed by atoms with Crippen molar-refractivity contribution >= 4 is 11.9 Å². The lowest BCUT2D eigenvalue weighted by molar-refractivity contribution is -0.214. The number of hydrogen-bond acceptors (Lipinski definition) is 5. The topological polar surface area (TPSA) is 75.0 Å². The van der Waals surface area contributed by atoms with E-state index >= 15 is 0 Å². The molecule has 0 amide bonds. The van der Waals surface area contributed by atoms with Gasteiger partial charge in [0, 0.05) is 37.6 Å². The van der Waals surface area contributed by atoms with Crippen LogP contribution in [-0.4, -0.2) is 52.0 Å². The standard InChI is InChI=1S/C22H29N3O4/c1-2-13-24(23-14-6-7-15-23)19-12-16-25(29-22(28)21(26)27)20(17-19)11-10-18-8-4-3-5-9-18/h3-9,14-15,19-20H,2,10-13,16-17H2,1H3,(H,26,27). The lowest BCUT2D eigenvalue weighted by atomic mass is 9.93. The highest BCUT2D eigenvalue weighted by molar-refractivity contribution is 6.28. The highest BCUT2D eigenvalue weighted by atomic mass is 16.7. The summed E-state index contributed by atoms with van der Waals surface area (Å²) in [6, 6.07) is 14.5. The third-order valence-corrected chi connectivity index (χ3v) is 5.38. The number of aliphatic carboxylic acids is 1. The van der Waals surface area contributed by atoms with Crippen LogP contribution in [0.4, 0.5) is 0 Å². The van der Waals surface area contributed by atoms with Crippen LogP contribution >= 0.6 is 0 Å². The van der Waals surface area contributed by atoms with Crippen molar-refractivity contribution < 1.29 is 19.5 Å². The summed E-state index contributed by atoms with van der Waals surface area (Å²) >= 11 is 0. The quantitative estimate of drug-likeness (QED) is 0.688. The summed E-state index contributed by atoms with van der Waals surface area (Å²) in [6.45, 7) is 3.61. The first-order chi connectivity index (χ1) is 14.1. The molecule has 7 nitrogen and oxygen atoms in total. The number of aryl methyl sites for hydroxylation is 1. The van der Waals surface area contributed by atoms with E-state index in [2.05, 4.69) is 28.7 Å². The Morgan fingerprint density at radius 1 is 1.17 bits per heavy atom. The van der Waals surface area contributed by atoms with Crippen LogP contribution in [0.5, 0.6) is 0 Å². The van der Waals surface area contributed by atoms with Gasteiger partial charge in [-0.3, -0.25) is 4.68 Å². The van der Waals surface area contributed by atoms with Gasteiger partial charge in [0.05, 0.1) is 0 Å². The molecule has 3 rings (SSSR count). The van der Waals surface area contributed by atoms with Crippen LogP contribution in [0.1, 0.15) is 38.2 Å². The van der Waals surface area contributed by atoms with E-state index in [-0.39, 0.29) is 6.04 Å². The minimum absolute atomic E-state index is 0.0350. The molecule has 0 bridgehead atoms. The second-order valence-electron chi connectivity index (χ2n) is 7.41. The molecule has 1 fully saturated rings. The molecule has 0 aliphatic carbocycles. The van der Waals surface area contributed by atoms with E-state index in [0.717, 1.165) is 38.6 Å². The van der Waals surface area contributed by atoms with E-state index in [0.29, 0.717) is 12.6 Å². The van der Waals surface area contributed by atoms with Crippen LogP contribution < -0.4 is 5.01 Å². The van der Waals surface area contributed by atoms with Crippen LogP contribution in [0.3, 0.4) is 0 Å². The minimum atomic E-state index is -1.56. The zero-order valence-corrected chi connectivity index (χ0v) is 16.8. The van der Waals surface area contributed by atoms with E-state index in [1.165, 1.54) is 5.56 Å². The Balaban J connectivity index is 1.72. The van der Waals surface area contributed by atoms with Crippen LogP contribution in [-0.2, 0) is 20.8 Å². The summed E-state index contributed by atoms with van der Waals surface area (Å²) in [4.78, 5) is 27.8. The van der Waals surface area contributed by atoms with Crippen LogP contribution in [0.2, 0.25) is 0 Å². The van der Waals surface area contributed by atoms with Crippen LogP contribution in [0.15, 0.2) is 54.9 Å². The van der Waals surface area contributed by atoms with Gasteiger partial charge in [-0.05, 0) is 49.8 Å². The summed E-state index contributed by atoms with van der Waals surface area (Å²) in [7, 11) is 0. The molecule has 1 aromatic heterocycles. The number of nitrogens with zero attached hydrogens (tertiary/aromatic N) is 3. The number of hydroxylamine groups is 2. The molecule has 2 unspecified atom stereocenters. The molecule has 2 aromatic rings. The molecule has 156 valence electrons. The molecule has 1 aliphatic heterocycles. The average molecular weight is 399 g/mol. The predicted octanol–water partition coefficient (Wildman–Crippen LogP) is 2.84. The molecule has 0 saturated carbocycles. The highest BCUT2D eigenvalue weighted by Crippen LogP contribution is 2.25. The second-order valence-corrected chi connectivity index (χ2v) is 7.41. The van der Waals surface area contributed by atoms with Gasteiger partial charge in [0.25, 0.3) is 0 Å². The molecule has 0 spiro atoms. The molecule has 1 N–H and O–H groups in total. The number of benzene rings is 1. The maximum atomic E-state index is 11.7. The second kappa shape index (κ2) is 10.1. The summed E-state index contributed by atoms with van der Waals surface area (Å²) in [5.41, 5.74) is 1.22. The lowest BCUT2D eigenvalue weighted by Crippen LogP contribution is -2.54. The fraction of sp³-hybridized carbons (Fsp3) is 0.455. The summed E-state index contributed by atoms with van der Waals surface area (Å²) in [5.74, 6) is -2.78. The Kier molecular flexibility index (Phi) is 7.30. The molecular formula is C22H29N3O4. The first kappa shape index (κ1) is 20.9. The number of carboxylic acids is 1. The molecule has 2 atom stereocenters. The van der Waals surface area contributed by atoms with Crippen molar-refractivity contribution in [3.63, 3.8) is 0 Å². The third kappa shape index (κ3) is 5.60. The SMILES string of the molecule is CCCN(C1CCN(OC(=O)C(=O)O)C(CCc2ccccc2)C1)n1cccc1. The fourth-order valence-electron chi connectivity index (χ4n) is 4.00. The van der Waals surface area contributed by atoms with Crippen molar-refractivity contribution in [3.8, 4) is 0 Å². The van der Waals surface area contributed by atoms with Crippen LogP contribution in [0, 0.1) is 0 Å². The maximum absolute atomic E-state index is 11.7. The van der Waals surface area contributed by atoms with Crippen molar-refractivity contribution in [3.05, 3.63) is 60.4 Å². The molecule has 1 aromatic carbocycles. The maximum Gasteiger partial charge on any atom is 0.436 e. The third-order valence-electron chi connectivity index (χ3n) is 5.38. The Morgan fingerprint density at radius 2 is 1.90 bits per heavy atom. The smallest absolute Gasteiger partial charge is 0.436 e. The largest absolute Gasteiger partial charge is 0.473 e. The van der Waals surface area contributed by atoms with Gasteiger partial charge in [0.2, 0.25) is 0 Å². The van der Waals surface area contributed by atoms with Crippen molar-refractivity contribution in [1.29, 1.82) is 0 Å². The van der Waals surface area contributed by atoms with Crippen molar-refractivity contribution in [2.75, 3.05) is 18.1 Å². The Labute approximate surface area is 171 Å². The molecule has 1 aliphatic rings. The first-order valence-corrected chi connectivity index (χ1v) is 10.2. The van der Waals surface area contributed by atoms with E-state index in [1.54, 1.807) is 5.06 Å². The van der Waals surface area contributed by atoms with Crippen LogP contribution in [0.25, 0.3) is 0 Å². The zero-order valence-electron chi connectivity index (χ0n) is 16.8. The van der Waals surface area contributed by atoms with Gasteiger partial charge in [-0.25, -0.2) is 9.59 Å². The normalized spacial score (nSPS) is 19.6. The number of aromatic nitrogens is 1. The summed E-state index contributed by atoms with van der Waals surface area (Å²) in [5, 5.41) is 12.9. The number of rotatable bonds is 8.